The molecule has 0 saturated heterocycles. The number of rotatable bonds is 12. The number of likely N-dealkylation sites (N-methyl/N-ethyl adjacent to an activating group) is 1. The Hall–Kier alpha value is -3.27. The number of anilines is 1. The van der Waals surface area contributed by atoms with E-state index in [1.807, 2.05) is 13.0 Å². The van der Waals surface area contributed by atoms with Crippen molar-refractivity contribution in [1.82, 2.24) is 10.2 Å². The molecule has 186 valence electrons. The average Bonchev–Trinajstić information content (AvgIpc) is 2.82. The average molecular weight is 492 g/mol. The number of sulfonamides is 1. The van der Waals surface area contributed by atoms with Crippen LogP contribution in [-0.4, -0.2) is 64.7 Å². The van der Waals surface area contributed by atoms with Crippen LogP contribution in [0.4, 0.5) is 5.69 Å². The molecule has 2 amide bonds. The van der Waals surface area contributed by atoms with Crippen LogP contribution in [0.3, 0.4) is 0 Å². The number of nitrogens with zero attached hydrogens (tertiary/aromatic N) is 2. The van der Waals surface area contributed by atoms with E-state index in [9.17, 15) is 18.0 Å². The second-order valence-electron chi connectivity index (χ2n) is 7.66. The number of hydrogen-bond donors (Lipinski definition) is 1. The molecule has 0 bridgehead atoms. The van der Waals surface area contributed by atoms with E-state index in [1.165, 1.54) is 12.0 Å². The lowest BCUT2D eigenvalue weighted by Crippen LogP contribution is -2.52. The number of carbonyl (C=O) groups excluding carboxylic acids is 2. The first-order chi connectivity index (χ1) is 16.1. The van der Waals surface area contributed by atoms with E-state index in [4.69, 9.17) is 9.47 Å². The lowest BCUT2D eigenvalue weighted by atomic mass is 10.1. The van der Waals surface area contributed by atoms with E-state index in [0.29, 0.717) is 30.2 Å². The van der Waals surface area contributed by atoms with E-state index >= 15 is 0 Å². The molecule has 0 aliphatic rings. The quantitative estimate of drug-likeness (QED) is 0.489. The topological polar surface area (TPSA) is 105 Å². The highest BCUT2D eigenvalue weighted by Gasteiger charge is 2.31. The molecule has 0 heterocycles. The highest BCUT2D eigenvalue weighted by molar-refractivity contribution is 7.92. The minimum atomic E-state index is -3.79. The van der Waals surface area contributed by atoms with Gasteiger partial charge in [-0.25, -0.2) is 8.42 Å². The summed E-state index contributed by atoms with van der Waals surface area (Å²) in [5.74, 6) is 0.385. The number of carbonyl (C=O) groups is 2. The Kier molecular flexibility index (Phi) is 9.73. The Balaban J connectivity index is 2.43. The molecule has 0 aliphatic heterocycles. The van der Waals surface area contributed by atoms with Gasteiger partial charge in [0.05, 0.1) is 26.2 Å². The third-order valence-corrected chi connectivity index (χ3v) is 6.40. The van der Waals surface area contributed by atoms with Gasteiger partial charge in [0.25, 0.3) is 0 Å². The Bertz CT molecular complexity index is 1070. The Labute approximate surface area is 201 Å². The summed E-state index contributed by atoms with van der Waals surface area (Å²) in [6.45, 7) is 3.69. The van der Waals surface area contributed by atoms with Crippen LogP contribution in [-0.2, 0) is 26.2 Å². The maximum Gasteiger partial charge on any atom is 0.244 e. The highest BCUT2D eigenvalue weighted by atomic mass is 32.2. The fourth-order valence-electron chi connectivity index (χ4n) is 3.54. The zero-order chi connectivity index (χ0) is 25.3. The predicted octanol–water partition coefficient (Wildman–Crippen LogP) is 2.41. The van der Waals surface area contributed by atoms with Gasteiger partial charge < -0.3 is 19.7 Å². The van der Waals surface area contributed by atoms with Gasteiger partial charge in [0.1, 0.15) is 24.1 Å². The second kappa shape index (κ2) is 12.3. The van der Waals surface area contributed by atoms with Crippen LogP contribution < -0.4 is 19.1 Å². The van der Waals surface area contributed by atoms with Crippen LogP contribution in [0.25, 0.3) is 0 Å². The SMILES string of the molecule is CCNC(=O)[C@H](CC)N(Cc1cccc(OC)c1)C(=O)CN(c1ccc(OC)cc1)S(C)(=O)=O. The molecule has 1 atom stereocenters. The minimum absolute atomic E-state index is 0.117. The van der Waals surface area contributed by atoms with Crippen molar-refractivity contribution in [3.63, 3.8) is 0 Å². The van der Waals surface area contributed by atoms with Crippen molar-refractivity contribution in [3.05, 3.63) is 54.1 Å². The van der Waals surface area contributed by atoms with Gasteiger partial charge in [-0.3, -0.25) is 13.9 Å². The molecule has 0 fully saturated rings. The fraction of sp³-hybridized carbons (Fsp3) is 0.417. The van der Waals surface area contributed by atoms with Crippen molar-refractivity contribution < 1.29 is 27.5 Å². The second-order valence-corrected chi connectivity index (χ2v) is 9.57. The van der Waals surface area contributed by atoms with Gasteiger partial charge in [-0.15, -0.1) is 0 Å². The third kappa shape index (κ3) is 7.11. The highest BCUT2D eigenvalue weighted by Crippen LogP contribution is 2.23. The molecule has 0 unspecified atom stereocenters. The third-order valence-electron chi connectivity index (χ3n) is 5.26. The molecule has 0 radical (unpaired) electrons. The van der Waals surface area contributed by atoms with Gasteiger partial charge in [0, 0.05) is 13.1 Å². The number of benzene rings is 2. The van der Waals surface area contributed by atoms with Crippen LogP contribution in [0.1, 0.15) is 25.8 Å². The standard InChI is InChI=1S/C24H33N3O6S/c1-6-22(24(29)25-7-2)26(16-18-9-8-10-21(15-18)33-4)23(28)17-27(34(5,30)31)19-11-13-20(32-3)14-12-19/h8-15,22H,6-7,16-17H2,1-5H3,(H,25,29)/t22-/m0/s1. The van der Waals surface area contributed by atoms with Gasteiger partial charge in [-0.2, -0.15) is 0 Å². The van der Waals surface area contributed by atoms with Crippen molar-refractivity contribution in [1.29, 1.82) is 0 Å². The summed E-state index contributed by atoms with van der Waals surface area (Å²) in [5.41, 5.74) is 1.08. The Morgan fingerprint density at radius 2 is 1.65 bits per heavy atom. The van der Waals surface area contributed by atoms with E-state index < -0.39 is 28.5 Å². The summed E-state index contributed by atoms with van der Waals surface area (Å²) >= 11 is 0. The number of methoxy groups -OCH3 is 2. The van der Waals surface area contributed by atoms with Crippen molar-refractivity contribution in [2.24, 2.45) is 0 Å². The maximum atomic E-state index is 13.5. The largest absolute Gasteiger partial charge is 0.497 e. The zero-order valence-corrected chi connectivity index (χ0v) is 21.1. The molecule has 2 aromatic rings. The van der Waals surface area contributed by atoms with E-state index in [0.717, 1.165) is 16.1 Å². The lowest BCUT2D eigenvalue weighted by Gasteiger charge is -2.32. The van der Waals surface area contributed by atoms with Crippen LogP contribution >= 0.6 is 0 Å². The summed E-state index contributed by atoms with van der Waals surface area (Å²) in [4.78, 5) is 27.7. The fourth-order valence-corrected chi connectivity index (χ4v) is 4.39. The molecular formula is C24H33N3O6S. The molecule has 0 saturated carbocycles. The van der Waals surface area contributed by atoms with Crippen molar-refractivity contribution in [2.75, 3.05) is 37.9 Å². The van der Waals surface area contributed by atoms with Crippen LogP contribution in [0.2, 0.25) is 0 Å². The van der Waals surface area contributed by atoms with Crippen molar-refractivity contribution in [3.8, 4) is 11.5 Å². The Morgan fingerprint density at radius 1 is 1.00 bits per heavy atom. The normalized spacial score (nSPS) is 11.9. The smallest absolute Gasteiger partial charge is 0.244 e. The van der Waals surface area contributed by atoms with Gasteiger partial charge in [0.2, 0.25) is 21.8 Å². The molecule has 10 heteroatoms. The minimum Gasteiger partial charge on any atom is -0.497 e. The first kappa shape index (κ1) is 27.0. The molecule has 0 aromatic heterocycles. The summed E-state index contributed by atoms with van der Waals surface area (Å²) in [7, 11) is -0.733. The molecular weight excluding hydrogens is 458 g/mol. The van der Waals surface area contributed by atoms with Gasteiger partial charge in [-0.05, 0) is 55.3 Å². The monoisotopic (exact) mass is 491 g/mol. The molecule has 0 aliphatic carbocycles. The first-order valence-corrected chi connectivity index (χ1v) is 12.8. The predicted molar refractivity (Wildman–Crippen MR) is 131 cm³/mol. The van der Waals surface area contributed by atoms with Crippen LogP contribution in [0.5, 0.6) is 11.5 Å². The van der Waals surface area contributed by atoms with Crippen molar-refractivity contribution in [2.45, 2.75) is 32.9 Å². The van der Waals surface area contributed by atoms with Gasteiger partial charge >= 0.3 is 0 Å². The van der Waals surface area contributed by atoms with Gasteiger partial charge in [0.15, 0.2) is 0 Å². The first-order valence-electron chi connectivity index (χ1n) is 11.0. The molecule has 2 rings (SSSR count). The molecule has 34 heavy (non-hydrogen) atoms. The molecule has 0 spiro atoms. The van der Waals surface area contributed by atoms with Gasteiger partial charge in [-0.1, -0.05) is 19.1 Å². The zero-order valence-electron chi connectivity index (χ0n) is 20.3. The van der Waals surface area contributed by atoms with E-state index in [-0.39, 0.29) is 12.5 Å². The summed E-state index contributed by atoms with van der Waals surface area (Å²) < 4.78 is 36.6. The summed E-state index contributed by atoms with van der Waals surface area (Å²) in [6.07, 6.45) is 1.40. The molecule has 2 aromatic carbocycles. The Morgan fingerprint density at radius 3 is 2.18 bits per heavy atom. The van der Waals surface area contributed by atoms with Crippen LogP contribution in [0.15, 0.2) is 48.5 Å². The number of hydrogen-bond acceptors (Lipinski definition) is 6. The van der Waals surface area contributed by atoms with E-state index in [1.54, 1.807) is 56.5 Å². The van der Waals surface area contributed by atoms with E-state index in [2.05, 4.69) is 5.32 Å². The summed E-state index contributed by atoms with van der Waals surface area (Å²) in [5, 5.41) is 2.76. The number of nitrogens with one attached hydrogen (secondary N) is 1. The number of ether oxygens (including phenoxy) is 2. The lowest BCUT2D eigenvalue weighted by molar-refractivity contribution is -0.140. The molecule has 1 N–H and O–H groups in total. The number of amides is 2. The summed E-state index contributed by atoms with van der Waals surface area (Å²) in [6, 6.07) is 12.8. The van der Waals surface area contributed by atoms with Crippen LogP contribution in [0, 0.1) is 0 Å². The molecule has 9 nitrogen and oxygen atoms in total. The van der Waals surface area contributed by atoms with Crippen molar-refractivity contribution >= 4 is 27.5 Å². The maximum absolute atomic E-state index is 13.5.